The van der Waals surface area contributed by atoms with Crippen LogP contribution in [0.4, 0.5) is 0 Å². The highest BCUT2D eigenvalue weighted by molar-refractivity contribution is 7.15. The molecule has 6 heteroatoms. The zero-order valence-electron chi connectivity index (χ0n) is 12.9. The van der Waals surface area contributed by atoms with Crippen molar-refractivity contribution < 1.29 is 9.53 Å². The lowest BCUT2D eigenvalue weighted by atomic mass is 9.70. The summed E-state index contributed by atoms with van der Waals surface area (Å²) in [6.45, 7) is 0. The van der Waals surface area contributed by atoms with Gasteiger partial charge in [0.05, 0.1) is 6.20 Å². The maximum atomic E-state index is 12.4. The first-order chi connectivity index (χ1) is 11.2. The van der Waals surface area contributed by atoms with Gasteiger partial charge in [0.1, 0.15) is 11.7 Å². The summed E-state index contributed by atoms with van der Waals surface area (Å²) >= 11 is 1.37. The molecule has 0 spiro atoms. The molecule has 5 nitrogen and oxygen atoms in total. The Hall–Kier alpha value is -1.69. The van der Waals surface area contributed by atoms with Gasteiger partial charge in [0.2, 0.25) is 0 Å². The molecule has 23 heavy (non-hydrogen) atoms. The van der Waals surface area contributed by atoms with Crippen LogP contribution in [0.5, 0.6) is 0 Å². The van der Waals surface area contributed by atoms with Gasteiger partial charge in [-0.2, -0.15) is 0 Å². The highest BCUT2D eigenvalue weighted by atomic mass is 32.1. The van der Waals surface area contributed by atoms with Gasteiger partial charge in [0.15, 0.2) is 4.96 Å². The fourth-order valence-electron chi connectivity index (χ4n) is 4.12. The molecule has 2 heterocycles. The van der Waals surface area contributed by atoms with E-state index >= 15 is 0 Å². The van der Waals surface area contributed by atoms with E-state index in [-0.39, 0.29) is 17.2 Å². The van der Waals surface area contributed by atoms with Gasteiger partial charge >= 0.3 is 5.97 Å². The minimum Gasteiger partial charge on any atom is -0.459 e. The number of carbonyl (C=O) groups is 1. The SMILES string of the molecule is O=C(O[C@@H]1CC[C@@H]2CCCC[C@H]2C1)c1cnc2sccn2c1=O. The number of esters is 1. The molecule has 0 aromatic carbocycles. The molecule has 0 amide bonds. The zero-order chi connectivity index (χ0) is 15.8. The van der Waals surface area contributed by atoms with Crippen LogP contribution in [0.15, 0.2) is 22.6 Å². The number of hydrogen-bond acceptors (Lipinski definition) is 5. The molecular weight excluding hydrogens is 312 g/mol. The molecule has 0 radical (unpaired) electrons. The van der Waals surface area contributed by atoms with E-state index in [9.17, 15) is 9.59 Å². The van der Waals surface area contributed by atoms with Gasteiger partial charge in [-0.05, 0) is 31.1 Å². The van der Waals surface area contributed by atoms with E-state index in [2.05, 4.69) is 4.98 Å². The molecule has 2 aliphatic rings. The van der Waals surface area contributed by atoms with E-state index in [1.807, 2.05) is 0 Å². The van der Waals surface area contributed by atoms with Crippen LogP contribution in [-0.2, 0) is 4.74 Å². The number of hydrogen-bond donors (Lipinski definition) is 0. The Balaban J connectivity index is 1.48. The van der Waals surface area contributed by atoms with Crippen LogP contribution in [-0.4, -0.2) is 21.5 Å². The first-order valence-electron chi connectivity index (χ1n) is 8.38. The maximum Gasteiger partial charge on any atom is 0.345 e. The molecule has 2 aromatic rings. The number of fused-ring (bicyclic) bond motifs is 2. The molecule has 0 bridgehead atoms. The molecule has 122 valence electrons. The van der Waals surface area contributed by atoms with Crippen molar-refractivity contribution in [2.24, 2.45) is 11.8 Å². The van der Waals surface area contributed by atoms with E-state index in [0.29, 0.717) is 10.9 Å². The molecule has 4 rings (SSSR count). The van der Waals surface area contributed by atoms with Gasteiger partial charge in [-0.25, -0.2) is 9.78 Å². The normalized spacial score (nSPS) is 27.6. The Kier molecular flexibility index (Phi) is 3.93. The first-order valence-corrected chi connectivity index (χ1v) is 9.26. The van der Waals surface area contributed by atoms with Gasteiger partial charge < -0.3 is 4.74 Å². The fourth-order valence-corrected chi connectivity index (χ4v) is 4.79. The molecule has 3 atom stereocenters. The van der Waals surface area contributed by atoms with Crippen molar-refractivity contribution >= 4 is 22.3 Å². The second-order valence-electron chi connectivity index (χ2n) is 6.68. The van der Waals surface area contributed by atoms with Gasteiger partial charge in [-0.3, -0.25) is 9.20 Å². The molecule has 0 N–H and O–H groups in total. The summed E-state index contributed by atoms with van der Waals surface area (Å²) in [7, 11) is 0. The summed E-state index contributed by atoms with van der Waals surface area (Å²) in [6, 6.07) is 0. The lowest BCUT2D eigenvalue weighted by Crippen LogP contribution is -2.34. The third-order valence-electron chi connectivity index (χ3n) is 5.33. The molecule has 0 saturated heterocycles. The standard InChI is InChI=1S/C17H20N2O3S/c20-15-14(10-18-17-19(15)7-8-23-17)16(21)22-13-6-5-11-3-1-2-4-12(11)9-13/h7-8,10-13H,1-6,9H2/t11-,12-,13+/m0/s1. The highest BCUT2D eigenvalue weighted by Gasteiger charge is 2.34. The maximum absolute atomic E-state index is 12.4. The smallest absolute Gasteiger partial charge is 0.345 e. The Bertz CT molecular complexity index is 781. The predicted octanol–water partition coefficient (Wildman–Crippen LogP) is 3.27. The van der Waals surface area contributed by atoms with E-state index in [1.54, 1.807) is 11.6 Å². The third kappa shape index (κ3) is 2.80. The van der Waals surface area contributed by atoms with Gasteiger partial charge in [-0.1, -0.05) is 25.7 Å². The minimum absolute atomic E-state index is 0.0340. The summed E-state index contributed by atoms with van der Waals surface area (Å²) in [6.07, 6.45) is 11.2. The van der Waals surface area contributed by atoms with E-state index in [1.165, 1.54) is 47.6 Å². The summed E-state index contributed by atoms with van der Waals surface area (Å²) in [4.78, 5) is 29.5. The summed E-state index contributed by atoms with van der Waals surface area (Å²) in [5.74, 6) is 0.976. The molecule has 2 saturated carbocycles. The van der Waals surface area contributed by atoms with Gasteiger partial charge in [0, 0.05) is 11.6 Å². The minimum atomic E-state index is -0.526. The van der Waals surface area contributed by atoms with Crippen molar-refractivity contribution in [2.75, 3.05) is 0 Å². The number of aromatic nitrogens is 2. The van der Waals surface area contributed by atoms with Crippen LogP contribution in [0.3, 0.4) is 0 Å². The molecule has 2 aliphatic carbocycles. The van der Waals surface area contributed by atoms with Crippen LogP contribution in [0, 0.1) is 11.8 Å². The van der Waals surface area contributed by atoms with Crippen LogP contribution >= 0.6 is 11.3 Å². The molecule has 0 unspecified atom stereocenters. The quantitative estimate of drug-likeness (QED) is 0.792. The van der Waals surface area contributed by atoms with Crippen LogP contribution in [0.25, 0.3) is 4.96 Å². The summed E-state index contributed by atoms with van der Waals surface area (Å²) < 4.78 is 7.05. The monoisotopic (exact) mass is 332 g/mol. The molecular formula is C17H20N2O3S. The Morgan fingerprint density at radius 1 is 1.22 bits per heavy atom. The summed E-state index contributed by atoms with van der Waals surface area (Å²) in [5.41, 5.74) is -0.306. The molecule has 0 aliphatic heterocycles. The van der Waals surface area contributed by atoms with Crippen molar-refractivity contribution in [3.63, 3.8) is 0 Å². The Morgan fingerprint density at radius 3 is 2.91 bits per heavy atom. The Labute approximate surface area is 138 Å². The van der Waals surface area contributed by atoms with E-state index in [4.69, 9.17) is 4.74 Å². The summed E-state index contributed by atoms with van der Waals surface area (Å²) in [5, 5.41) is 1.78. The van der Waals surface area contributed by atoms with E-state index in [0.717, 1.165) is 25.2 Å². The number of carbonyl (C=O) groups excluding carboxylic acids is 1. The largest absolute Gasteiger partial charge is 0.459 e. The van der Waals surface area contributed by atoms with Gasteiger partial charge in [-0.15, -0.1) is 11.3 Å². The predicted molar refractivity (Wildman–Crippen MR) is 87.8 cm³/mol. The van der Waals surface area contributed by atoms with Crippen molar-refractivity contribution in [3.8, 4) is 0 Å². The molecule has 2 fully saturated rings. The van der Waals surface area contributed by atoms with Crippen LogP contribution in [0.2, 0.25) is 0 Å². The van der Waals surface area contributed by atoms with Crippen molar-refractivity contribution in [1.29, 1.82) is 0 Å². The van der Waals surface area contributed by atoms with Crippen molar-refractivity contribution in [3.05, 3.63) is 33.7 Å². The van der Waals surface area contributed by atoms with Crippen LogP contribution in [0.1, 0.15) is 55.3 Å². The number of rotatable bonds is 2. The number of thiazole rings is 1. The lowest BCUT2D eigenvalue weighted by Gasteiger charge is -2.38. The molecule has 2 aromatic heterocycles. The second-order valence-corrected chi connectivity index (χ2v) is 7.55. The van der Waals surface area contributed by atoms with Crippen molar-refractivity contribution in [1.82, 2.24) is 9.38 Å². The zero-order valence-corrected chi connectivity index (χ0v) is 13.8. The number of ether oxygens (including phenoxy) is 1. The number of nitrogens with zero attached hydrogens (tertiary/aromatic N) is 2. The highest BCUT2D eigenvalue weighted by Crippen LogP contribution is 2.41. The van der Waals surface area contributed by atoms with Crippen molar-refractivity contribution in [2.45, 2.75) is 51.0 Å². The topological polar surface area (TPSA) is 60.7 Å². The van der Waals surface area contributed by atoms with Gasteiger partial charge in [0.25, 0.3) is 5.56 Å². The Morgan fingerprint density at radius 2 is 2.04 bits per heavy atom. The average molecular weight is 332 g/mol. The second kappa shape index (κ2) is 6.07. The third-order valence-corrected chi connectivity index (χ3v) is 6.10. The average Bonchev–Trinajstić information content (AvgIpc) is 3.04. The van der Waals surface area contributed by atoms with Crippen LogP contribution < -0.4 is 5.56 Å². The first kappa shape index (κ1) is 14.9. The fraction of sp³-hybridized carbons (Fsp3) is 0.588. The lowest BCUT2D eigenvalue weighted by molar-refractivity contribution is -0.00113. The van der Waals surface area contributed by atoms with E-state index < -0.39 is 5.97 Å².